The molecule has 2 fully saturated rings. The van der Waals surface area contributed by atoms with Gasteiger partial charge < -0.3 is 16.0 Å². The molecule has 1 aliphatic carbocycles. The molecule has 2 aliphatic rings. The Morgan fingerprint density at radius 2 is 2.00 bits per heavy atom. The highest BCUT2D eigenvalue weighted by Crippen LogP contribution is 2.23. The quantitative estimate of drug-likeness (QED) is 0.703. The van der Waals surface area contributed by atoms with Crippen LogP contribution in [0.15, 0.2) is 0 Å². The molecule has 3 N–H and O–H groups in total. The fourth-order valence-corrected chi connectivity index (χ4v) is 2.74. The van der Waals surface area contributed by atoms with Crippen molar-refractivity contribution in [1.82, 2.24) is 10.2 Å². The van der Waals surface area contributed by atoms with Crippen molar-refractivity contribution in [2.45, 2.75) is 44.2 Å². The molecule has 17 heavy (non-hydrogen) atoms. The smallest absolute Gasteiger partial charge is 0.227 e. The maximum Gasteiger partial charge on any atom is 0.227 e. The standard InChI is InChI=1S/C12H21N3O2/c1-15(10-4-2-9(13)3-5-10)12(17)8-6-11(16)14-7-8/h8-10H,2-7,13H2,1H3,(H,14,16). The first-order valence-electron chi connectivity index (χ1n) is 6.37. The van der Waals surface area contributed by atoms with Crippen LogP contribution in [0.25, 0.3) is 0 Å². The van der Waals surface area contributed by atoms with E-state index in [2.05, 4.69) is 5.32 Å². The normalized spacial score (nSPS) is 33.3. The van der Waals surface area contributed by atoms with Gasteiger partial charge in [0.1, 0.15) is 0 Å². The van der Waals surface area contributed by atoms with E-state index in [-0.39, 0.29) is 17.7 Å². The third kappa shape index (κ3) is 2.77. The first kappa shape index (κ1) is 12.4. The van der Waals surface area contributed by atoms with Gasteiger partial charge in [-0.25, -0.2) is 0 Å². The van der Waals surface area contributed by atoms with Gasteiger partial charge >= 0.3 is 0 Å². The Morgan fingerprint density at radius 3 is 2.53 bits per heavy atom. The highest BCUT2D eigenvalue weighted by molar-refractivity contribution is 5.89. The molecule has 0 aromatic heterocycles. The molecule has 0 aromatic rings. The third-order valence-corrected chi connectivity index (χ3v) is 3.96. The zero-order valence-corrected chi connectivity index (χ0v) is 10.3. The first-order valence-corrected chi connectivity index (χ1v) is 6.37. The van der Waals surface area contributed by atoms with Crippen molar-refractivity contribution in [3.05, 3.63) is 0 Å². The van der Waals surface area contributed by atoms with Gasteiger partial charge in [-0.2, -0.15) is 0 Å². The van der Waals surface area contributed by atoms with Crippen molar-refractivity contribution in [3.63, 3.8) is 0 Å². The van der Waals surface area contributed by atoms with Gasteiger partial charge in [-0.05, 0) is 25.7 Å². The van der Waals surface area contributed by atoms with Gasteiger partial charge in [-0.1, -0.05) is 0 Å². The Kier molecular flexibility index (Phi) is 3.66. The van der Waals surface area contributed by atoms with Crippen LogP contribution in [0.5, 0.6) is 0 Å². The summed E-state index contributed by atoms with van der Waals surface area (Å²) in [5, 5.41) is 2.71. The molecule has 2 rings (SSSR count). The molecule has 5 nitrogen and oxygen atoms in total. The van der Waals surface area contributed by atoms with Crippen molar-refractivity contribution in [2.75, 3.05) is 13.6 Å². The Labute approximate surface area is 102 Å². The van der Waals surface area contributed by atoms with Crippen molar-refractivity contribution in [1.29, 1.82) is 0 Å². The topological polar surface area (TPSA) is 75.4 Å². The summed E-state index contributed by atoms with van der Waals surface area (Å²) in [7, 11) is 1.85. The third-order valence-electron chi connectivity index (χ3n) is 3.96. The van der Waals surface area contributed by atoms with Crippen LogP contribution < -0.4 is 11.1 Å². The van der Waals surface area contributed by atoms with Crippen molar-refractivity contribution < 1.29 is 9.59 Å². The lowest BCUT2D eigenvalue weighted by atomic mass is 9.90. The maximum absolute atomic E-state index is 12.2. The van der Waals surface area contributed by atoms with Crippen LogP contribution in [0.1, 0.15) is 32.1 Å². The summed E-state index contributed by atoms with van der Waals surface area (Å²) in [6, 6.07) is 0.600. The second-order valence-corrected chi connectivity index (χ2v) is 5.22. The van der Waals surface area contributed by atoms with Gasteiger partial charge in [-0.3, -0.25) is 9.59 Å². The Morgan fingerprint density at radius 1 is 1.35 bits per heavy atom. The molecule has 1 heterocycles. The molecular formula is C12H21N3O2. The first-order chi connectivity index (χ1) is 8.08. The number of carbonyl (C=O) groups is 2. The summed E-state index contributed by atoms with van der Waals surface area (Å²) < 4.78 is 0. The van der Waals surface area contributed by atoms with E-state index in [1.165, 1.54) is 0 Å². The summed E-state index contributed by atoms with van der Waals surface area (Å²) in [5.41, 5.74) is 5.86. The van der Waals surface area contributed by atoms with Crippen molar-refractivity contribution in [3.8, 4) is 0 Å². The number of amides is 2. The SMILES string of the molecule is CN(C(=O)C1CNC(=O)C1)C1CCC(N)CC1. The number of hydrogen-bond acceptors (Lipinski definition) is 3. The summed E-state index contributed by atoms with van der Waals surface area (Å²) in [6.45, 7) is 0.494. The molecule has 1 aliphatic heterocycles. The molecule has 1 saturated carbocycles. The van der Waals surface area contributed by atoms with Crippen LogP contribution in [-0.2, 0) is 9.59 Å². The van der Waals surface area contributed by atoms with E-state index in [4.69, 9.17) is 5.73 Å². The Hall–Kier alpha value is -1.10. The lowest BCUT2D eigenvalue weighted by Crippen LogP contribution is -2.44. The molecule has 0 radical (unpaired) electrons. The summed E-state index contributed by atoms with van der Waals surface area (Å²) in [5.74, 6) is -0.0747. The molecule has 1 saturated heterocycles. The second kappa shape index (κ2) is 5.04. The number of nitrogens with one attached hydrogen (secondary N) is 1. The average molecular weight is 239 g/mol. The number of carbonyl (C=O) groups excluding carboxylic acids is 2. The van der Waals surface area contributed by atoms with E-state index in [9.17, 15) is 9.59 Å². The second-order valence-electron chi connectivity index (χ2n) is 5.22. The largest absolute Gasteiger partial charge is 0.355 e. The van der Waals surface area contributed by atoms with Crippen LogP contribution >= 0.6 is 0 Å². The minimum atomic E-state index is -0.164. The van der Waals surface area contributed by atoms with E-state index in [1.54, 1.807) is 0 Å². The van der Waals surface area contributed by atoms with E-state index in [1.807, 2.05) is 11.9 Å². The Balaban J connectivity index is 1.88. The summed E-state index contributed by atoms with van der Waals surface area (Å²) >= 11 is 0. The monoisotopic (exact) mass is 239 g/mol. The van der Waals surface area contributed by atoms with Crippen LogP contribution in [-0.4, -0.2) is 42.4 Å². The lowest BCUT2D eigenvalue weighted by molar-refractivity contribution is -0.137. The summed E-state index contributed by atoms with van der Waals surface area (Å²) in [4.78, 5) is 25.1. The van der Waals surface area contributed by atoms with E-state index in [0.717, 1.165) is 25.7 Å². The predicted molar refractivity (Wildman–Crippen MR) is 64.1 cm³/mol. The molecule has 0 aromatic carbocycles. The number of rotatable bonds is 2. The van der Waals surface area contributed by atoms with E-state index < -0.39 is 0 Å². The van der Waals surface area contributed by atoms with Crippen LogP contribution in [0.4, 0.5) is 0 Å². The molecule has 0 spiro atoms. The number of nitrogens with zero attached hydrogens (tertiary/aromatic N) is 1. The van der Waals surface area contributed by atoms with Gasteiger partial charge in [0.2, 0.25) is 11.8 Å². The summed E-state index contributed by atoms with van der Waals surface area (Å²) in [6.07, 6.45) is 4.29. The zero-order chi connectivity index (χ0) is 12.4. The molecule has 1 atom stereocenters. The van der Waals surface area contributed by atoms with Crippen LogP contribution in [0, 0.1) is 5.92 Å². The minimum absolute atomic E-state index is 0.0117. The van der Waals surface area contributed by atoms with Gasteiger partial charge in [0, 0.05) is 32.1 Å². The van der Waals surface area contributed by atoms with Gasteiger partial charge in [0.25, 0.3) is 0 Å². The molecule has 1 unspecified atom stereocenters. The highest BCUT2D eigenvalue weighted by atomic mass is 16.2. The fraction of sp³-hybridized carbons (Fsp3) is 0.833. The lowest BCUT2D eigenvalue weighted by Gasteiger charge is -2.34. The highest BCUT2D eigenvalue weighted by Gasteiger charge is 2.33. The number of hydrogen-bond donors (Lipinski definition) is 2. The maximum atomic E-state index is 12.2. The molecule has 96 valence electrons. The molecule has 2 amide bonds. The van der Waals surface area contributed by atoms with Crippen molar-refractivity contribution >= 4 is 11.8 Å². The Bertz CT molecular complexity index is 311. The fourth-order valence-electron chi connectivity index (χ4n) is 2.74. The van der Waals surface area contributed by atoms with Crippen LogP contribution in [0.3, 0.4) is 0 Å². The van der Waals surface area contributed by atoms with Crippen LogP contribution in [0.2, 0.25) is 0 Å². The van der Waals surface area contributed by atoms with E-state index >= 15 is 0 Å². The molecular weight excluding hydrogens is 218 g/mol. The van der Waals surface area contributed by atoms with Crippen molar-refractivity contribution in [2.24, 2.45) is 11.7 Å². The van der Waals surface area contributed by atoms with Gasteiger partial charge in [-0.15, -0.1) is 0 Å². The number of nitrogens with two attached hydrogens (primary N) is 1. The zero-order valence-electron chi connectivity index (χ0n) is 10.3. The predicted octanol–water partition coefficient (Wildman–Crippen LogP) is -0.149. The minimum Gasteiger partial charge on any atom is -0.355 e. The molecule has 0 bridgehead atoms. The van der Waals surface area contributed by atoms with E-state index in [0.29, 0.717) is 25.0 Å². The van der Waals surface area contributed by atoms with Gasteiger partial charge in [0.15, 0.2) is 0 Å². The van der Waals surface area contributed by atoms with Gasteiger partial charge in [0.05, 0.1) is 5.92 Å². The average Bonchev–Trinajstić information content (AvgIpc) is 2.75. The molecule has 5 heteroatoms.